The molecule has 0 bridgehead atoms. The van der Waals surface area contributed by atoms with Gasteiger partial charge in [0.25, 0.3) is 0 Å². The Bertz CT molecular complexity index is 1250. The first-order chi connectivity index (χ1) is 16.4. The summed E-state index contributed by atoms with van der Waals surface area (Å²) in [6, 6.07) is 2.08. The Morgan fingerprint density at radius 2 is 1.89 bits per heavy atom. The normalized spacial score (nSPS) is 15.9. The molecule has 3 aromatic rings. The van der Waals surface area contributed by atoms with E-state index in [1.54, 1.807) is 24.0 Å². The molecular formula is C23H27F3N8O. The van der Waals surface area contributed by atoms with Crippen LogP contribution in [-0.4, -0.2) is 43.7 Å². The number of hydrogen-bond acceptors (Lipinski definition) is 7. The maximum Gasteiger partial charge on any atom is 0.433 e. The van der Waals surface area contributed by atoms with Crippen molar-refractivity contribution in [2.24, 2.45) is 5.92 Å². The van der Waals surface area contributed by atoms with Crippen molar-refractivity contribution in [2.45, 2.75) is 53.0 Å². The Morgan fingerprint density at radius 3 is 2.54 bits per heavy atom. The molecule has 12 heteroatoms. The zero-order chi connectivity index (χ0) is 25.5. The number of amides is 1. The molecule has 1 amide bonds. The van der Waals surface area contributed by atoms with Crippen molar-refractivity contribution in [3.63, 3.8) is 0 Å². The van der Waals surface area contributed by atoms with Crippen LogP contribution >= 0.6 is 0 Å². The topological polar surface area (TPSA) is 101 Å². The maximum atomic E-state index is 12.8. The lowest BCUT2D eigenvalue weighted by molar-refractivity contribution is -0.141. The molecule has 3 aromatic heterocycles. The predicted octanol–water partition coefficient (Wildman–Crippen LogP) is 3.78. The number of fused-ring (bicyclic) bond motifs is 1. The van der Waals surface area contributed by atoms with E-state index in [4.69, 9.17) is 0 Å². The van der Waals surface area contributed by atoms with Gasteiger partial charge in [0.15, 0.2) is 5.82 Å². The zero-order valence-corrected chi connectivity index (χ0v) is 20.1. The Kier molecular flexibility index (Phi) is 6.39. The number of carbonyl (C=O) groups is 1. The lowest BCUT2D eigenvalue weighted by Gasteiger charge is -2.36. The number of rotatable bonds is 6. The summed E-state index contributed by atoms with van der Waals surface area (Å²) in [5.74, 6) is 1.10. The molecule has 0 radical (unpaired) electrons. The van der Waals surface area contributed by atoms with Crippen LogP contribution in [0.25, 0.3) is 0 Å². The lowest BCUT2D eigenvalue weighted by Crippen LogP contribution is -2.49. The van der Waals surface area contributed by atoms with Gasteiger partial charge in [0.2, 0.25) is 11.9 Å². The smallest absolute Gasteiger partial charge is 0.350 e. The van der Waals surface area contributed by atoms with E-state index in [9.17, 15) is 18.0 Å². The summed E-state index contributed by atoms with van der Waals surface area (Å²) in [7, 11) is 1.85. The first kappa shape index (κ1) is 24.4. The minimum absolute atomic E-state index is 0.0756. The monoisotopic (exact) mass is 488 g/mol. The molecule has 186 valence electrons. The van der Waals surface area contributed by atoms with Gasteiger partial charge in [-0.2, -0.15) is 23.3 Å². The molecule has 4 rings (SSSR count). The van der Waals surface area contributed by atoms with Crippen molar-refractivity contribution in [1.82, 2.24) is 24.7 Å². The van der Waals surface area contributed by atoms with Gasteiger partial charge in [0.05, 0.1) is 18.4 Å². The highest BCUT2D eigenvalue weighted by Crippen LogP contribution is 2.34. The quantitative estimate of drug-likeness (QED) is 0.545. The van der Waals surface area contributed by atoms with Gasteiger partial charge in [-0.3, -0.25) is 9.48 Å². The van der Waals surface area contributed by atoms with Crippen LogP contribution in [0.1, 0.15) is 42.1 Å². The number of carbonyl (C=O) groups excluding carboxylic acids is 1. The summed E-state index contributed by atoms with van der Waals surface area (Å²) in [5.41, 5.74) is 2.16. The van der Waals surface area contributed by atoms with Crippen molar-refractivity contribution in [1.29, 1.82) is 0 Å². The maximum absolute atomic E-state index is 12.8. The number of nitrogens with one attached hydrogen (secondary N) is 2. The van der Waals surface area contributed by atoms with Crippen molar-refractivity contribution in [3.05, 3.63) is 52.7 Å². The van der Waals surface area contributed by atoms with Crippen LogP contribution in [-0.2, 0) is 24.1 Å². The second-order valence-electron chi connectivity index (χ2n) is 8.96. The van der Waals surface area contributed by atoms with Crippen LogP contribution in [0.3, 0.4) is 0 Å². The van der Waals surface area contributed by atoms with Crippen LogP contribution in [0.15, 0.2) is 24.5 Å². The van der Waals surface area contributed by atoms with Crippen LogP contribution in [0.2, 0.25) is 0 Å². The van der Waals surface area contributed by atoms with E-state index in [0.29, 0.717) is 47.5 Å². The molecule has 9 nitrogen and oxygen atoms in total. The Morgan fingerprint density at radius 1 is 1.14 bits per heavy atom. The molecule has 0 fully saturated rings. The fraction of sp³-hybridized carbons (Fsp3) is 0.435. The number of hydrogen-bond donors (Lipinski definition) is 2. The summed E-state index contributed by atoms with van der Waals surface area (Å²) in [6.45, 7) is 8.03. The highest BCUT2D eigenvalue weighted by molar-refractivity contribution is 6.03. The number of aromatic nitrogens is 5. The van der Waals surface area contributed by atoms with Gasteiger partial charge in [0.1, 0.15) is 17.4 Å². The molecule has 1 aliphatic rings. The lowest BCUT2D eigenvalue weighted by atomic mass is 9.99. The van der Waals surface area contributed by atoms with Crippen molar-refractivity contribution >= 4 is 23.4 Å². The van der Waals surface area contributed by atoms with Crippen molar-refractivity contribution in [2.75, 3.05) is 22.6 Å². The third-order valence-electron chi connectivity index (χ3n) is 5.93. The predicted molar refractivity (Wildman–Crippen MR) is 125 cm³/mol. The minimum Gasteiger partial charge on any atom is -0.350 e. The molecule has 2 N–H and O–H groups in total. The Labute approximate surface area is 200 Å². The molecule has 0 aliphatic carbocycles. The molecule has 35 heavy (non-hydrogen) atoms. The highest BCUT2D eigenvalue weighted by Gasteiger charge is 2.35. The van der Waals surface area contributed by atoms with E-state index in [1.165, 1.54) is 6.07 Å². The number of aryl methyl sites for hydroxylation is 2. The second-order valence-corrected chi connectivity index (χ2v) is 8.96. The highest BCUT2D eigenvalue weighted by atomic mass is 19.4. The number of likely N-dealkylation sites (N-methyl/N-ethyl adjacent to an activating group) is 1. The average molecular weight is 489 g/mol. The number of halogens is 3. The molecular weight excluding hydrogens is 461 g/mol. The van der Waals surface area contributed by atoms with Gasteiger partial charge in [-0.15, -0.1) is 0 Å². The molecule has 4 heterocycles. The van der Waals surface area contributed by atoms with E-state index >= 15 is 0 Å². The van der Waals surface area contributed by atoms with E-state index in [1.807, 2.05) is 32.7 Å². The molecule has 1 unspecified atom stereocenters. The van der Waals surface area contributed by atoms with Gasteiger partial charge in [-0.05, 0) is 31.4 Å². The van der Waals surface area contributed by atoms with Gasteiger partial charge in [0, 0.05) is 31.0 Å². The minimum atomic E-state index is -4.47. The van der Waals surface area contributed by atoms with Gasteiger partial charge >= 0.3 is 6.18 Å². The zero-order valence-electron chi connectivity index (χ0n) is 20.1. The number of nitrogens with zero attached hydrogens (tertiary/aromatic N) is 6. The molecule has 0 spiro atoms. The van der Waals surface area contributed by atoms with E-state index in [0.717, 1.165) is 11.6 Å². The third kappa shape index (κ3) is 5.05. The SMILES string of the molecule is Cc1nc(C(F)(F)F)ccc1Cn1cc(CNc2nc(C)c3c(n2)N(C)C(C(C)C)C(=O)N3)cn1. The molecule has 0 aromatic carbocycles. The number of alkyl halides is 3. The largest absolute Gasteiger partial charge is 0.433 e. The summed E-state index contributed by atoms with van der Waals surface area (Å²) >= 11 is 0. The second kappa shape index (κ2) is 9.16. The molecule has 1 aliphatic heterocycles. The summed E-state index contributed by atoms with van der Waals surface area (Å²) in [4.78, 5) is 27.1. The van der Waals surface area contributed by atoms with E-state index in [2.05, 4.69) is 30.7 Å². The Hall–Kier alpha value is -3.70. The van der Waals surface area contributed by atoms with Gasteiger partial charge in [-0.25, -0.2) is 9.97 Å². The van der Waals surface area contributed by atoms with Gasteiger partial charge < -0.3 is 15.5 Å². The van der Waals surface area contributed by atoms with Crippen molar-refractivity contribution < 1.29 is 18.0 Å². The summed E-state index contributed by atoms with van der Waals surface area (Å²) in [5, 5.41) is 10.4. The van der Waals surface area contributed by atoms with Gasteiger partial charge in [-0.1, -0.05) is 19.9 Å². The molecule has 0 saturated carbocycles. The summed E-state index contributed by atoms with van der Waals surface area (Å²) < 4.78 is 40.2. The fourth-order valence-electron chi connectivity index (χ4n) is 4.15. The molecule has 0 saturated heterocycles. The number of anilines is 3. The first-order valence-corrected chi connectivity index (χ1v) is 11.1. The fourth-order valence-corrected chi connectivity index (χ4v) is 4.15. The number of pyridine rings is 1. The van der Waals surface area contributed by atoms with Crippen LogP contribution in [0, 0.1) is 19.8 Å². The Balaban J connectivity index is 1.45. The van der Waals surface area contributed by atoms with E-state index in [-0.39, 0.29) is 17.9 Å². The molecule has 1 atom stereocenters. The van der Waals surface area contributed by atoms with E-state index < -0.39 is 11.9 Å². The van der Waals surface area contributed by atoms with Crippen molar-refractivity contribution in [3.8, 4) is 0 Å². The van der Waals surface area contributed by atoms with Crippen LogP contribution in [0.5, 0.6) is 0 Å². The third-order valence-corrected chi connectivity index (χ3v) is 5.93. The van der Waals surface area contributed by atoms with Crippen LogP contribution in [0.4, 0.5) is 30.6 Å². The van der Waals surface area contributed by atoms with Crippen LogP contribution < -0.4 is 15.5 Å². The first-order valence-electron chi connectivity index (χ1n) is 11.1. The summed E-state index contributed by atoms with van der Waals surface area (Å²) in [6.07, 6.45) is -0.996. The average Bonchev–Trinajstić information content (AvgIpc) is 3.21. The standard InChI is InChI=1S/C23H27F3N8O/c1-12(2)19-21(35)31-18-14(4)30-22(32-20(18)33(19)5)27-8-15-9-28-34(10-15)11-16-6-7-17(23(24,25)26)29-13(16)3/h6-7,9-10,12,19H,8,11H2,1-5H3,(H,31,35)(H,27,30,32).